The Labute approximate surface area is 87.5 Å². The van der Waals surface area contributed by atoms with Crippen LogP contribution in [-0.2, 0) is 4.79 Å². The van der Waals surface area contributed by atoms with Crippen molar-refractivity contribution in [3.05, 3.63) is 36.0 Å². The fourth-order valence-electron chi connectivity index (χ4n) is 2.26. The highest BCUT2D eigenvalue weighted by atomic mass is 16.1. The predicted octanol–water partition coefficient (Wildman–Crippen LogP) is 1.77. The Balaban J connectivity index is 2.07. The fourth-order valence-corrected chi connectivity index (χ4v) is 2.26. The monoisotopic (exact) mass is 200 g/mol. The van der Waals surface area contributed by atoms with E-state index in [0.29, 0.717) is 12.3 Å². The third kappa shape index (κ3) is 1.31. The number of rotatable bonds is 1. The summed E-state index contributed by atoms with van der Waals surface area (Å²) in [6.45, 7) is 0.765. The molecule has 1 amide bonds. The van der Waals surface area contributed by atoms with Crippen LogP contribution >= 0.6 is 0 Å². The summed E-state index contributed by atoms with van der Waals surface area (Å²) in [6.07, 6.45) is 2.64. The smallest absolute Gasteiger partial charge is 0.220 e. The van der Waals surface area contributed by atoms with E-state index in [1.165, 1.54) is 10.9 Å². The van der Waals surface area contributed by atoms with Crippen LogP contribution in [0.2, 0.25) is 0 Å². The molecule has 3 rings (SSSR count). The number of amides is 1. The van der Waals surface area contributed by atoms with E-state index in [9.17, 15) is 4.79 Å². The number of benzene rings is 1. The van der Waals surface area contributed by atoms with Gasteiger partial charge in [-0.15, -0.1) is 0 Å². The number of nitrogens with one attached hydrogen (secondary N) is 2. The third-order valence-electron chi connectivity index (χ3n) is 3.04. The molecule has 1 aromatic carbocycles. The molecule has 0 unspecified atom stereocenters. The Bertz CT molecular complexity index is 515. The van der Waals surface area contributed by atoms with Crippen molar-refractivity contribution in [2.24, 2.45) is 0 Å². The van der Waals surface area contributed by atoms with Gasteiger partial charge in [-0.1, -0.05) is 18.2 Å². The van der Waals surface area contributed by atoms with Crippen molar-refractivity contribution in [2.45, 2.75) is 12.3 Å². The van der Waals surface area contributed by atoms with Gasteiger partial charge in [-0.25, -0.2) is 0 Å². The minimum Gasteiger partial charge on any atom is -0.361 e. The fraction of sp³-hybridized carbons (Fsp3) is 0.250. The molecular weight excluding hydrogens is 188 g/mol. The highest BCUT2D eigenvalue weighted by Gasteiger charge is 2.24. The number of carbonyl (C=O) groups excluding carboxylic acids is 1. The van der Waals surface area contributed by atoms with Gasteiger partial charge in [0, 0.05) is 36.0 Å². The summed E-state index contributed by atoms with van der Waals surface area (Å²) in [5, 5.41) is 4.10. The zero-order valence-corrected chi connectivity index (χ0v) is 8.29. The molecule has 15 heavy (non-hydrogen) atoms. The highest BCUT2D eigenvalue weighted by molar-refractivity contribution is 5.86. The summed E-state index contributed by atoms with van der Waals surface area (Å²) < 4.78 is 0. The van der Waals surface area contributed by atoms with Gasteiger partial charge in [0.1, 0.15) is 0 Å². The van der Waals surface area contributed by atoms with E-state index in [-0.39, 0.29) is 5.91 Å². The largest absolute Gasteiger partial charge is 0.361 e. The first-order valence-corrected chi connectivity index (χ1v) is 5.17. The van der Waals surface area contributed by atoms with Crippen LogP contribution in [0.25, 0.3) is 10.9 Å². The molecule has 0 aliphatic carbocycles. The topological polar surface area (TPSA) is 44.9 Å². The normalized spacial score (nSPS) is 20.8. The first-order chi connectivity index (χ1) is 7.34. The second kappa shape index (κ2) is 3.12. The predicted molar refractivity (Wildman–Crippen MR) is 58.7 cm³/mol. The van der Waals surface area contributed by atoms with Gasteiger partial charge in [0.25, 0.3) is 0 Å². The van der Waals surface area contributed by atoms with Gasteiger partial charge >= 0.3 is 0 Å². The van der Waals surface area contributed by atoms with Crippen LogP contribution < -0.4 is 5.32 Å². The molecule has 1 saturated heterocycles. The summed E-state index contributed by atoms with van der Waals surface area (Å²) in [5.41, 5.74) is 2.40. The molecule has 2 heterocycles. The van der Waals surface area contributed by atoms with E-state index in [4.69, 9.17) is 0 Å². The Morgan fingerprint density at radius 3 is 2.93 bits per heavy atom. The van der Waals surface area contributed by atoms with Crippen LogP contribution in [0.15, 0.2) is 30.5 Å². The summed E-state index contributed by atoms with van der Waals surface area (Å²) in [5.74, 6) is 0.485. The number of fused-ring (bicyclic) bond motifs is 1. The average molecular weight is 200 g/mol. The summed E-state index contributed by atoms with van der Waals surface area (Å²) in [7, 11) is 0. The molecule has 0 bridgehead atoms. The maximum absolute atomic E-state index is 11.2. The molecular formula is C12H12N2O. The van der Waals surface area contributed by atoms with Crippen LogP contribution in [0.4, 0.5) is 0 Å². The summed E-state index contributed by atoms with van der Waals surface area (Å²) in [4.78, 5) is 14.4. The van der Waals surface area contributed by atoms with Gasteiger partial charge in [-0.05, 0) is 11.6 Å². The summed E-state index contributed by atoms with van der Waals surface area (Å²) in [6, 6.07) is 8.21. The zero-order chi connectivity index (χ0) is 10.3. The van der Waals surface area contributed by atoms with E-state index >= 15 is 0 Å². The molecule has 1 aliphatic rings. The van der Waals surface area contributed by atoms with Gasteiger partial charge in [0.05, 0.1) is 0 Å². The lowest BCUT2D eigenvalue weighted by molar-refractivity contribution is -0.119. The SMILES string of the molecule is O=C1C[C@@H](c2c[nH]c3ccccc23)CN1. The molecule has 2 N–H and O–H groups in total. The first kappa shape index (κ1) is 8.53. The van der Waals surface area contributed by atoms with Gasteiger partial charge < -0.3 is 10.3 Å². The quantitative estimate of drug-likeness (QED) is 0.724. The average Bonchev–Trinajstić information content (AvgIpc) is 2.83. The van der Waals surface area contributed by atoms with Gasteiger partial charge in [-0.2, -0.15) is 0 Å². The third-order valence-corrected chi connectivity index (χ3v) is 3.04. The van der Waals surface area contributed by atoms with Crippen LogP contribution in [-0.4, -0.2) is 17.4 Å². The van der Waals surface area contributed by atoms with Crippen molar-refractivity contribution in [2.75, 3.05) is 6.54 Å². The minimum atomic E-state index is 0.158. The van der Waals surface area contributed by atoms with Crippen molar-refractivity contribution in [3.8, 4) is 0 Å². The molecule has 0 spiro atoms. The number of hydrogen-bond donors (Lipinski definition) is 2. The number of carbonyl (C=O) groups is 1. The number of H-pyrrole nitrogens is 1. The molecule has 0 radical (unpaired) electrons. The van der Waals surface area contributed by atoms with Crippen molar-refractivity contribution in [3.63, 3.8) is 0 Å². The second-order valence-electron chi connectivity index (χ2n) is 3.99. The highest BCUT2D eigenvalue weighted by Crippen LogP contribution is 2.29. The van der Waals surface area contributed by atoms with Gasteiger partial charge in [0.2, 0.25) is 5.91 Å². The molecule has 1 atom stereocenters. The molecule has 2 aromatic rings. The van der Waals surface area contributed by atoms with Crippen LogP contribution in [0.1, 0.15) is 17.9 Å². The van der Waals surface area contributed by atoms with Crippen molar-refractivity contribution in [1.82, 2.24) is 10.3 Å². The van der Waals surface area contributed by atoms with Crippen molar-refractivity contribution >= 4 is 16.8 Å². The first-order valence-electron chi connectivity index (χ1n) is 5.17. The van der Waals surface area contributed by atoms with Crippen LogP contribution in [0.5, 0.6) is 0 Å². The Morgan fingerprint density at radius 2 is 2.13 bits per heavy atom. The van der Waals surface area contributed by atoms with E-state index in [0.717, 1.165) is 12.1 Å². The van der Waals surface area contributed by atoms with Crippen LogP contribution in [0.3, 0.4) is 0 Å². The van der Waals surface area contributed by atoms with Crippen molar-refractivity contribution < 1.29 is 4.79 Å². The molecule has 3 nitrogen and oxygen atoms in total. The Kier molecular flexibility index (Phi) is 1.78. The number of aromatic nitrogens is 1. The van der Waals surface area contributed by atoms with E-state index in [1.54, 1.807) is 0 Å². The zero-order valence-electron chi connectivity index (χ0n) is 8.29. The van der Waals surface area contributed by atoms with Gasteiger partial charge in [0.15, 0.2) is 0 Å². The summed E-state index contributed by atoms with van der Waals surface area (Å²) >= 11 is 0. The number of hydrogen-bond acceptors (Lipinski definition) is 1. The van der Waals surface area contributed by atoms with E-state index in [2.05, 4.69) is 22.4 Å². The van der Waals surface area contributed by atoms with E-state index in [1.807, 2.05) is 18.3 Å². The van der Waals surface area contributed by atoms with Crippen LogP contribution in [0, 0.1) is 0 Å². The molecule has 1 aromatic heterocycles. The number of para-hydroxylation sites is 1. The Hall–Kier alpha value is -1.77. The molecule has 1 fully saturated rings. The second-order valence-corrected chi connectivity index (χ2v) is 3.99. The maximum atomic E-state index is 11.2. The number of aromatic amines is 1. The standard InChI is InChI=1S/C12H12N2O/c15-12-5-8(6-14-12)10-7-13-11-4-2-1-3-9(10)11/h1-4,7-8,13H,5-6H2,(H,14,15)/t8-/m1/s1. The lowest BCUT2D eigenvalue weighted by atomic mass is 9.98. The van der Waals surface area contributed by atoms with Gasteiger partial charge in [-0.3, -0.25) is 4.79 Å². The van der Waals surface area contributed by atoms with Crippen molar-refractivity contribution in [1.29, 1.82) is 0 Å². The lowest BCUT2D eigenvalue weighted by Gasteiger charge is -2.04. The Morgan fingerprint density at radius 1 is 1.27 bits per heavy atom. The lowest BCUT2D eigenvalue weighted by Crippen LogP contribution is -2.13. The molecule has 3 heteroatoms. The van der Waals surface area contributed by atoms with E-state index < -0.39 is 0 Å². The molecule has 76 valence electrons. The maximum Gasteiger partial charge on any atom is 0.220 e. The molecule has 0 saturated carbocycles. The minimum absolute atomic E-state index is 0.158. The molecule has 1 aliphatic heterocycles.